The molecule has 2 fully saturated rings. The molecule has 1 aromatic carbocycles. The zero-order valence-corrected chi connectivity index (χ0v) is 19.6. The van der Waals surface area contributed by atoms with Gasteiger partial charge in [0.05, 0.1) is 10.4 Å². The number of hydrogen-bond acceptors (Lipinski definition) is 3. The second-order valence-electron chi connectivity index (χ2n) is 9.12. The Labute approximate surface area is 193 Å². The van der Waals surface area contributed by atoms with Crippen LogP contribution in [0.5, 0.6) is 0 Å². The Morgan fingerprint density at radius 3 is 2.34 bits per heavy atom. The number of hydrogen-bond donors (Lipinski definition) is 0. The van der Waals surface area contributed by atoms with Crippen molar-refractivity contribution < 1.29 is 9.59 Å². The highest BCUT2D eigenvalue weighted by Gasteiger charge is 2.31. The minimum absolute atomic E-state index is 0.0740. The second-order valence-corrected chi connectivity index (χ2v) is 10.2. The van der Waals surface area contributed by atoms with Gasteiger partial charge in [-0.05, 0) is 56.9 Å². The number of aryl methyl sites for hydroxylation is 1. The molecule has 3 aromatic rings. The van der Waals surface area contributed by atoms with E-state index in [-0.39, 0.29) is 11.8 Å². The lowest BCUT2D eigenvalue weighted by Crippen LogP contribution is -2.44. The molecule has 2 aliphatic rings. The summed E-state index contributed by atoms with van der Waals surface area (Å²) in [6, 6.07) is 14.5. The number of piperidine rings is 1. The molecule has 0 saturated carbocycles. The third kappa shape index (κ3) is 4.08. The lowest BCUT2D eigenvalue weighted by atomic mass is 9.95. The summed E-state index contributed by atoms with van der Waals surface area (Å²) in [7, 11) is 0. The molecule has 2 aromatic heterocycles. The number of rotatable bonds is 3. The topological polar surface area (TPSA) is 45.6 Å². The summed E-state index contributed by atoms with van der Waals surface area (Å²) in [6.07, 6.45) is 6.27. The van der Waals surface area contributed by atoms with Crippen molar-refractivity contribution in [2.75, 3.05) is 26.2 Å². The minimum Gasteiger partial charge on any atom is -0.342 e. The molecule has 2 amide bonds. The summed E-state index contributed by atoms with van der Waals surface area (Å²) >= 11 is 1.55. The summed E-state index contributed by atoms with van der Waals surface area (Å²) in [6.45, 7) is 5.25. The molecule has 0 atom stereocenters. The lowest BCUT2D eigenvalue weighted by molar-refractivity contribution is -0.136. The number of benzene rings is 1. The molecular formula is C26H31N3O2S. The van der Waals surface area contributed by atoms with E-state index in [1.54, 1.807) is 11.3 Å². The Morgan fingerprint density at radius 2 is 1.59 bits per heavy atom. The van der Waals surface area contributed by atoms with Crippen LogP contribution in [-0.4, -0.2) is 52.4 Å². The van der Waals surface area contributed by atoms with E-state index in [9.17, 15) is 9.59 Å². The van der Waals surface area contributed by atoms with E-state index in [1.807, 2.05) is 17.0 Å². The van der Waals surface area contributed by atoms with E-state index in [4.69, 9.17) is 0 Å². The molecule has 0 N–H and O–H groups in total. The third-order valence-corrected chi connectivity index (χ3v) is 8.03. The maximum Gasteiger partial charge on any atom is 0.263 e. The van der Waals surface area contributed by atoms with Gasteiger partial charge in [-0.25, -0.2) is 0 Å². The molecule has 2 saturated heterocycles. The van der Waals surface area contributed by atoms with Gasteiger partial charge < -0.3 is 14.4 Å². The number of aromatic nitrogens is 1. The zero-order chi connectivity index (χ0) is 22.1. The molecule has 0 radical (unpaired) electrons. The van der Waals surface area contributed by atoms with Gasteiger partial charge in [0, 0.05) is 43.2 Å². The van der Waals surface area contributed by atoms with Gasteiger partial charge >= 0.3 is 0 Å². The Balaban J connectivity index is 1.25. The highest BCUT2D eigenvalue weighted by Crippen LogP contribution is 2.30. The van der Waals surface area contributed by atoms with E-state index < -0.39 is 0 Å². The monoisotopic (exact) mass is 449 g/mol. The highest BCUT2D eigenvalue weighted by atomic mass is 32.1. The van der Waals surface area contributed by atoms with E-state index in [1.165, 1.54) is 29.4 Å². The normalized spacial score (nSPS) is 18.2. The average Bonchev–Trinajstić information content (AvgIpc) is 3.31. The van der Waals surface area contributed by atoms with Crippen molar-refractivity contribution in [3.8, 4) is 5.00 Å². The van der Waals surface area contributed by atoms with Crippen LogP contribution >= 0.6 is 11.3 Å². The van der Waals surface area contributed by atoms with Crippen LogP contribution in [-0.2, 0) is 4.79 Å². The summed E-state index contributed by atoms with van der Waals surface area (Å²) in [4.78, 5) is 30.9. The molecule has 6 heteroatoms. The number of carbonyl (C=O) groups is 2. The molecule has 0 spiro atoms. The first kappa shape index (κ1) is 21.3. The van der Waals surface area contributed by atoms with Gasteiger partial charge in [-0.2, -0.15) is 0 Å². The van der Waals surface area contributed by atoms with Gasteiger partial charge in [0.15, 0.2) is 0 Å². The fourth-order valence-corrected chi connectivity index (χ4v) is 6.23. The number of para-hydroxylation sites is 1. The fourth-order valence-electron chi connectivity index (χ4n) is 5.18. The lowest BCUT2D eigenvalue weighted by Gasteiger charge is -2.33. The van der Waals surface area contributed by atoms with E-state index >= 15 is 0 Å². The molecule has 2 aliphatic heterocycles. The Morgan fingerprint density at radius 1 is 0.875 bits per heavy atom. The molecule has 32 heavy (non-hydrogen) atoms. The maximum absolute atomic E-state index is 13.2. The van der Waals surface area contributed by atoms with Crippen LogP contribution in [0.1, 0.15) is 53.9 Å². The van der Waals surface area contributed by atoms with E-state index in [2.05, 4.69) is 46.7 Å². The number of amides is 2. The molecule has 5 rings (SSSR count). The molecule has 0 unspecified atom stereocenters. The van der Waals surface area contributed by atoms with Crippen LogP contribution in [0.25, 0.3) is 15.9 Å². The van der Waals surface area contributed by atoms with E-state index in [0.717, 1.165) is 48.7 Å². The molecule has 0 bridgehead atoms. The van der Waals surface area contributed by atoms with Crippen molar-refractivity contribution in [1.82, 2.24) is 14.4 Å². The van der Waals surface area contributed by atoms with Gasteiger partial charge in [0.1, 0.15) is 5.00 Å². The van der Waals surface area contributed by atoms with Gasteiger partial charge in [-0.15, -0.1) is 11.3 Å². The van der Waals surface area contributed by atoms with Gasteiger partial charge in [0.25, 0.3) is 5.91 Å². The molecule has 4 heterocycles. The van der Waals surface area contributed by atoms with Crippen LogP contribution in [0.15, 0.2) is 42.5 Å². The summed E-state index contributed by atoms with van der Waals surface area (Å²) in [5.41, 5.74) is 2.33. The summed E-state index contributed by atoms with van der Waals surface area (Å²) in [5.74, 6) is 0.480. The van der Waals surface area contributed by atoms with Crippen molar-refractivity contribution in [2.24, 2.45) is 5.92 Å². The van der Waals surface area contributed by atoms with Crippen molar-refractivity contribution >= 4 is 34.1 Å². The van der Waals surface area contributed by atoms with Crippen LogP contribution < -0.4 is 0 Å². The Bertz CT molecular complexity index is 1120. The van der Waals surface area contributed by atoms with Crippen LogP contribution in [0, 0.1) is 12.8 Å². The van der Waals surface area contributed by atoms with Gasteiger partial charge in [-0.3, -0.25) is 9.59 Å². The average molecular weight is 450 g/mol. The predicted molar refractivity (Wildman–Crippen MR) is 130 cm³/mol. The largest absolute Gasteiger partial charge is 0.342 e. The number of nitrogens with zero attached hydrogens (tertiary/aromatic N) is 3. The SMILES string of the molecule is Cc1cc2ccccc2n1-c1ccc(C(=O)N2CCC(C(=O)N3CCCCCC3)CC2)s1. The Kier molecular flexibility index (Phi) is 6.05. The molecular weight excluding hydrogens is 418 g/mol. The quantitative estimate of drug-likeness (QED) is 0.548. The summed E-state index contributed by atoms with van der Waals surface area (Å²) < 4.78 is 2.23. The number of carbonyl (C=O) groups excluding carboxylic acids is 2. The van der Waals surface area contributed by atoms with Crippen LogP contribution in [0.3, 0.4) is 0 Å². The first-order valence-electron chi connectivity index (χ1n) is 11.9. The van der Waals surface area contributed by atoms with Crippen molar-refractivity contribution in [2.45, 2.75) is 45.4 Å². The standard InChI is InChI=1S/C26H31N3O2S/c1-19-18-21-8-4-5-9-22(21)29(19)24-11-10-23(32-24)26(31)28-16-12-20(13-17-28)25(30)27-14-6-2-3-7-15-27/h4-5,8-11,18,20H,2-3,6-7,12-17H2,1H3. The van der Waals surface area contributed by atoms with Crippen LogP contribution in [0.4, 0.5) is 0 Å². The first-order chi connectivity index (χ1) is 15.6. The fraction of sp³-hybridized carbons (Fsp3) is 0.462. The van der Waals surface area contributed by atoms with Crippen LogP contribution in [0.2, 0.25) is 0 Å². The number of thiophene rings is 1. The smallest absolute Gasteiger partial charge is 0.263 e. The Hall–Kier alpha value is -2.60. The third-order valence-electron chi connectivity index (χ3n) is 6.97. The van der Waals surface area contributed by atoms with Crippen molar-refractivity contribution in [1.29, 1.82) is 0 Å². The first-order valence-corrected chi connectivity index (χ1v) is 12.7. The highest BCUT2D eigenvalue weighted by molar-refractivity contribution is 7.16. The molecule has 5 nitrogen and oxygen atoms in total. The molecule has 0 aliphatic carbocycles. The second kappa shape index (κ2) is 9.10. The summed E-state index contributed by atoms with van der Waals surface area (Å²) in [5, 5.41) is 2.28. The van der Waals surface area contributed by atoms with Crippen molar-refractivity contribution in [3.63, 3.8) is 0 Å². The van der Waals surface area contributed by atoms with Gasteiger partial charge in [0.2, 0.25) is 5.91 Å². The zero-order valence-electron chi connectivity index (χ0n) is 18.8. The van der Waals surface area contributed by atoms with Crippen molar-refractivity contribution in [3.05, 3.63) is 53.0 Å². The predicted octanol–water partition coefficient (Wildman–Crippen LogP) is 5.26. The van der Waals surface area contributed by atoms with Gasteiger partial charge in [-0.1, -0.05) is 31.0 Å². The minimum atomic E-state index is 0.0740. The number of likely N-dealkylation sites (tertiary alicyclic amines) is 2. The van der Waals surface area contributed by atoms with E-state index in [0.29, 0.717) is 19.0 Å². The number of fused-ring (bicyclic) bond motifs is 1. The molecule has 168 valence electrons. The maximum atomic E-state index is 13.2.